The van der Waals surface area contributed by atoms with E-state index in [9.17, 15) is 4.57 Å². The van der Waals surface area contributed by atoms with Crippen LogP contribution in [-0.4, -0.2) is 22.7 Å². The zero-order valence-corrected chi connectivity index (χ0v) is 14.2. The zero-order chi connectivity index (χ0) is 16.1. The van der Waals surface area contributed by atoms with Crippen LogP contribution >= 0.6 is 7.60 Å². The maximum atomic E-state index is 10.5. The highest BCUT2D eigenvalue weighted by Gasteiger charge is 2.11. The van der Waals surface area contributed by atoms with E-state index in [0.29, 0.717) is 6.42 Å². The van der Waals surface area contributed by atoms with Gasteiger partial charge in [0.25, 0.3) is 0 Å². The molecule has 0 atom stereocenters. The Labute approximate surface area is 128 Å². The molecule has 0 aromatic carbocycles. The van der Waals surface area contributed by atoms with Crippen molar-refractivity contribution in [3.63, 3.8) is 0 Å². The highest BCUT2D eigenvalue weighted by molar-refractivity contribution is 7.51. The minimum Gasteiger partial charge on any atom is -0.368 e. The fourth-order valence-electron chi connectivity index (χ4n) is 1.56. The van der Waals surface area contributed by atoms with Crippen LogP contribution in [0.3, 0.4) is 0 Å². The molecule has 0 heterocycles. The third kappa shape index (κ3) is 17.1. The number of hydrogen-bond donors (Lipinski definition) is 2. The summed E-state index contributed by atoms with van der Waals surface area (Å²) in [5.41, 5.74) is 2.74. The lowest BCUT2D eigenvalue weighted by Crippen LogP contribution is -1.96. The van der Waals surface area contributed by atoms with Crippen molar-refractivity contribution in [2.45, 2.75) is 52.9 Å². The lowest BCUT2D eigenvalue weighted by Gasteiger charge is -2.02. The Morgan fingerprint density at radius 2 is 1.76 bits per heavy atom. The molecule has 5 heteroatoms. The van der Waals surface area contributed by atoms with Crippen molar-refractivity contribution in [2.75, 3.05) is 13.0 Å². The molecular weight excluding hydrogens is 287 g/mol. The first-order valence-corrected chi connectivity index (χ1v) is 8.98. The van der Waals surface area contributed by atoms with Gasteiger partial charge in [-0.05, 0) is 40.0 Å². The molecule has 120 valence electrons. The van der Waals surface area contributed by atoms with Gasteiger partial charge >= 0.3 is 7.60 Å². The van der Waals surface area contributed by atoms with Crippen LogP contribution in [0.4, 0.5) is 0 Å². The second kappa shape index (κ2) is 11.8. The second-order valence-electron chi connectivity index (χ2n) is 5.21. The average Bonchev–Trinajstić information content (AvgIpc) is 2.35. The predicted molar refractivity (Wildman–Crippen MR) is 86.9 cm³/mol. The maximum Gasteiger partial charge on any atom is 0.350 e. The summed E-state index contributed by atoms with van der Waals surface area (Å²) in [4.78, 5) is 17.1. The lowest BCUT2D eigenvalue weighted by molar-refractivity contribution is 0.163. The molecule has 0 rings (SSSR count). The van der Waals surface area contributed by atoms with E-state index in [1.54, 1.807) is 0 Å². The monoisotopic (exact) mass is 314 g/mol. The van der Waals surface area contributed by atoms with Crippen molar-refractivity contribution >= 4 is 7.60 Å². The van der Waals surface area contributed by atoms with E-state index in [1.165, 1.54) is 11.1 Å². The maximum absolute atomic E-state index is 10.5. The van der Waals surface area contributed by atoms with Gasteiger partial charge in [0.05, 0.1) is 6.61 Å². The normalized spacial score (nSPS) is 11.8. The molecule has 0 radical (unpaired) electrons. The third-order valence-corrected chi connectivity index (χ3v) is 3.13. The predicted octanol–water partition coefficient (Wildman–Crippen LogP) is 4.00. The Hall–Kier alpha value is -0.850. The minimum atomic E-state index is -4.04. The fourth-order valence-corrected chi connectivity index (χ4v) is 1.93. The molecule has 0 spiro atoms. The third-order valence-electron chi connectivity index (χ3n) is 2.61. The first kappa shape index (κ1) is 20.1. The molecular formula is C16H27O4P. The van der Waals surface area contributed by atoms with E-state index in [1.807, 2.05) is 0 Å². The summed E-state index contributed by atoms with van der Waals surface area (Å²) < 4.78 is 15.3. The molecule has 0 amide bonds. The summed E-state index contributed by atoms with van der Waals surface area (Å²) in [7, 11) is -4.04. The fraction of sp³-hybridized carbons (Fsp3) is 0.625. The average molecular weight is 314 g/mol. The molecule has 0 aromatic rings. The van der Waals surface area contributed by atoms with E-state index < -0.39 is 13.9 Å². The van der Waals surface area contributed by atoms with Crippen molar-refractivity contribution in [1.82, 2.24) is 0 Å². The van der Waals surface area contributed by atoms with Crippen molar-refractivity contribution in [1.29, 1.82) is 0 Å². The van der Waals surface area contributed by atoms with Crippen LogP contribution in [-0.2, 0) is 9.30 Å². The Morgan fingerprint density at radius 3 is 2.38 bits per heavy atom. The van der Waals surface area contributed by atoms with Gasteiger partial charge in [-0.3, -0.25) is 4.57 Å². The Kier molecular flexibility index (Phi) is 11.3. The molecule has 4 nitrogen and oxygen atoms in total. The van der Waals surface area contributed by atoms with Gasteiger partial charge in [0.1, 0.15) is 6.35 Å². The number of hydrogen-bond acceptors (Lipinski definition) is 2. The number of rotatable bonds is 9. The van der Waals surface area contributed by atoms with Crippen molar-refractivity contribution in [2.24, 2.45) is 0 Å². The van der Waals surface area contributed by atoms with Crippen LogP contribution in [0.5, 0.6) is 0 Å². The highest BCUT2D eigenvalue weighted by atomic mass is 31.2. The van der Waals surface area contributed by atoms with Gasteiger partial charge in [0, 0.05) is 12.8 Å². The summed E-state index contributed by atoms with van der Waals surface area (Å²) in [5.74, 6) is 5.97. The van der Waals surface area contributed by atoms with Crippen molar-refractivity contribution in [3.05, 3.63) is 23.3 Å². The number of allylic oxidation sites excluding steroid dienone is 4. The molecule has 21 heavy (non-hydrogen) atoms. The first-order chi connectivity index (χ1) is 9.81. The minimum absolute atomic E-state index is 0.260. The van der Waals surface area contributed by atoms with Crippen molar-refractivity contribution in [3.8, 4) is 11.8 Å². The summed E-state index contributed by atoms with van der Waals surface area (Å²) >= 11 is 0. The van der Waals surface area contributed by atoms with E-state index >= 15 is 0 Å². The Balaban J connectivity index is 3.64. The lowest BCUT2D eigenvalue weighted by atomic mass is 10.1. The SMILES string of the molecule is CC(C)=CCCC(C)=CCCC#CCCOCP(=O)(O)O. The largest absolute Gasteiger partial charge is 0.368 e. The van der Waals surface area contributed by atoms with Crippen molar-refractivity contribution < 1.29 is 19.1 Å². The molecule has 0 aliphatic rings. The number of ether oxygens (including phenoxy) is 1. The van der Waals surface area contributed by atoms with Gasteiger partial charge in [0.15, 0.2) is 0 Å². The summed E-state index contributed by atoms with van der Waals surface area (Å²) in [5, 5.41) is 0. The van der Waals surface area contributed by atoms with E-state index in [-0.39, 0.29) is 6.61 Å². The van der Waals surface area contributed by atoms with Crippen LogP contribution in [0.25, 0.3) is 0 Å². The summed E-state index contributed by atoms with van der Waals surface area (Å²) in [6.07, 6.45) is 8.37. The molecule has 0 saturated carbocycles. The second-order valence-corrected chi connectivity index (χ2v) is 6.80. The molecule has 0 aliphatic heterocycles. The first-order valence-electron chi connectivity index (χ1n) is 7.18. The van der Waals surface area contributed by atoms with Crippen LogP contribution in [0.1, 0.15) is 52.9 Å². The zero-order valence-electron chi connectivity index (χ0n) is 13.3. The van der Waals surface area contributed by atoms with Gasteiger partial charge in [-0.1, -0.05) is 23.3 Å². The molecule has 0 aliphatic carbocycles. The molecule has 0 aromatic heterocycles. The Bertz CT molecular complexity index is 445. The van der Waals surface area contributed by atoms with E-state index in [0.717, 1.165) is 25.7 Å². The molecule has 2 N–H and O–H groups in total. The molecule has 0 fully saturated rings. The number of unbranched alkanes of at least 4 members (excludes halogenated alkanes) is 1. The van der Waals surface area contributed by atoms with Crippen LogP contribution < -0.4 is 0 Å². The van der Waals surface area contributed by atoms with Gasteiger partial charge in [-0.15, -0.1) is 11.8 Å². The Morgan fingerprint density at radius 1 is 1.10 bits per heavy atom. The topological polar surface area (TPSA) is 66.8 Å². The van der Waals surface area contributed by atoms with Crippen LogP contribution in [0.15, 0.2) is 23.3 Å². The van der Waals surface area contributed by atoms with Gasteiger partial charge in [0.2, 0.25) is 0 Å². The van der Waals surface area contributed by atoms with E-state index in [2.05, 4.69) is 44.8 Å². The van der Waals surface area contributed by atoms with Gasteiger partial charge < -0.3 is 14.5 Å². The summed E-state index contributed by atoms with van der Waals surface area (Å²) in [6.45, 7) is 6.62. The standard InChI is InChI=1S/C16H27O4P/c1-15(2)10-9-12-16(3)11-7-5-4-6-8-13-20-14-21(17,18)19/h10-11H,5,7-9,12-14H2,1-3H3,(H2,17,18,19). The molecule has 0 bridgehead atoms. The highest BCUT2D eigenvalue weighted by Crippen LogP contribution is 2.33. The smallest absolute Gasteiger partial charge is 0.350 e. The summed E-state index contributed by atoms with van der Waals surface area (Å²) in [6, 6.07) is 0. The molecule has 0 saturated heterocycles. The van der Waals surface area contributed by atoms with Crippen LogP contribution in [0, 0.1) is 11.8 Å². The van der Waals surface area contributed by atoms with Gasteiger partial charge in [-0.2, -0.15) is 0 Å². The molecule has 0 unspecified atom stereocenters. The van der Waals surface area contributed by atoms with E-state index in [4.69, 9.17) is 14.5 Å². The van der Waals surface area contributed by atoms with Crippen LogP contribution in [0.2, 0.25) is 0 Å². The quantitative estimate of drug-likeness (QED) is 0.292. The van der Waals surface area contributed by atoms with Gasteiger partial charge in [-0.25, -0.2) is 0 Å².